The Kier molecular flexibility index (Phi) is 1.71. The third kappa shape index (κ3) is 1.26. The molecule has 5 nitrogen and oxygen atoms in total. The second kappa shape index (κ2) is 2.76. The summed E-state index contributed by atoms with van der Waals surface area (Å²) >= 11 is 0. The molecule has 6 heteroatoms. The molecule has 0 atom stereocenters. The van der Waals surface area contributed by atoms with E-state index in [9.17, 15) is 5.11 Å². The lowest BCUT2D eigenvalue weighted by Gasteiger charge is -2.02. The van der Waals surface area contributed by atoms with Gasteiger partial charge in [0.25, 0.3) is 0 Å². The van der Waals surface area contributed by atoms with Crippen LogP contribution in [-0.2, 0) is 0 Å². The van der Waals surface area contributed by atoms with Gasteiger partial charge in [-0.05, 0) is 12.1 Å². The van der Waals surface area contributed by atoms with Crippen LogP contribution in [0.25, 0.3) is 10.9 Å². The summed E-state index contributed by atoms with van der Waals surface area (Å²) in [5.41, 5.74) is 0.720. The van der Waals surface area contributed by atoms with E-state index in [0.717, 1.165) is 5.39 Å². The van der Waals surface area contributed by atoms with E-state index < -0.39 is 7.12 Å². The van der Waals surface area contributed by atoms with Crippen LogP contribution in [-0.4, -0.2) is 32.5 Å². The Bertz CT molecular complexity index is 440. The first kappa shape index (κ1) is 8.09. The number of nitrogens with one attached hydrogen (secondary N) is 1. The summed E-state index contributed by atoms with van der Waals surface area (Å²) in [6.07, 6.45) is 1.54. The molecule has 0 aliphatic rings. The monoisotopic (exact) mass is 178 g/mol. The number of fused-ring (bicyclic) bond motifs is 1. The Morgan fingerprint density at radius 3 is 2.77 bits per heavy atom. The van der Waals surface area contributed by atoms with Crippen molar-refractivity contribution in [3.63, 3.8) is 0 Å². The minimum absolute atomic E-state index is 0.0664. The second-order valence-corrected chi connectivity index (χ2v) is 2.74. The fourth-order valence-corrected chi connectivity index (χ4v) is 1.20. The highest BCUT2D eigenvalue weighted by molar-refractivity contribution is 6.60. The lowest BCUT2D eigenvalue weighted by atomic mass is 9.79. The van der Waals surface area contributed by atoms with Crippen molar-refractivity contribution in [2.75, 3.05) is 0 Å². The molecule has 66 valence electrons. The summed E-state index contributed by atoms with van der Waals surface area (Å²) < 4.78 is 0. The summed E-state index contributed by atoms with van der Waals surface area (Å²) in [4.78, 5) is 0. The summed E-state index contributed by atoms with van der Waals surface area (Å²) in [5, 5.41) is 34.2. The van der Waals surface area contributed by atoms with Crippen molar-refractivity contribution in [3.8, 4) is 5.75 Å². The number of aromatic amines is 1. The Balaban J connectivity index is 2.69. The standard InChI is InChI=1S/C7H7BN2O3/c11-7-1-4-3-9-10-6(4)2-5(7)8(12)13/h1-3,11-13H,(H,9,10). The van der Waals surface area contributed by atoms with E-state index in [2.05, 4.69) is 10.2 Å². The molecule has 1 aromatic heterocycles. The zero-order chi connectivity index (χ0) is 9.42. The molecule has 0 unspecified atom stereocenters. The molecule has 13 heavy (non-hydrogen) atoms. The van der Waals surface area contributed by atoms with Crippen molar-refractivity contribution < 1.29 is 15.2 Å². The number of hydrogen-bond acceptors (Lipinski definition) is 4. The quantitative estimate of drug-likeness (QED) is 0.419. The van der Waals surface area contributed by atoms with Crippen LogP contribution in [0.1, 0.15) is 0 Å². The van der Waals surface area contributed by atoms with Gasteiger partial charge in [-0.25, -0.2) is 0 Å². The van der Waals surface area contributed by atoms with Crippen LogP contribution in [0.4, 0.5) is 0 Å². The molecule has 0 aliphatic carbocycles. The van der Waals surface area contributed by atoms with E-state index in [0.29, 0.717) is 5.52 Å². The number of rotatable bonds is 1. The summed E-state index contributed by atoms with van der Waals surface area (Å²) in [7, 11) is -1.67. The predicted molar refractivity (Wildman–Crippen MR) is 47.6 cm³/mol. The molecule has 1 aromatic carbocycles. The van der Waals surface area contributed by atoms with Crippen molar-refractivity contribution >= 4 is 23.5 Å². The molecule has 2 rings (SSSR count). The van der Waals surface area contributed by atoms with Gasteiger partial charge in [0.05, 0.1) is 11.7 Å². The molecule has 4 N–H and O–H groups in total. The molecular formula is C7H7BN2O3. The Morgan fingerprint density at radius 1 is 1.31 bits per heavy atom. The number of aromatic nitrogens is 2. The normalized spacial score (nSPS) is 10.6. The smallest absolute Gasteiger partial charge is 0.492 e. The van der Waals surface area contributed by atoms with Gasteiger partial charge in [-0.15, -0.1) is 0 Å². The first-order valence-corrected chi connectivity index (χ1v) is 3.70. The van der Waals surface area contributed by atoms with Crippen LogP contribution in [0, 0.1) is 0 Å². The van der Waals surface area contributed by atoms with Crippen molar-refractivity contribution in [2.45, 2.75) is 0 Å². The highest BCUT2D eigenvalue weighted by atomic mass is 16.4. The zero-order valence-corrected chi connectivity index (χ0v) is 6.60. The lowest BCUT2D eigenvalue weighted by Crippen LogP contribution is -2.29. The Labute approximate surface area is 73.8 Å². The fourth-order valence-electron chi connectivity index (χ4n) is 1.20. The molecular weight excluding hydrogens is 171 g/mol. The van der Waals surface area contributed by atoms with E-state index in [4.69, 9.17) is 10.0 Å². The van der Waals surface area contributed by atoms with E-state index in [1.165, 1.54) is 12.1 Å². The lowest BCUT2D eigenvalue weighted by molar-refractivity contribution is 0.420. The molecule has 0 bridgehead atoms. The molecule has 1 heterocycles. The molecule has 0 radical (unpaired) electrons. The molecule has 0 saturated heterocycles. The number of benzene rings is 1. The number of hydrogen-bond donors (Lipinski definition) is 4. The number of phenols is 1. The number of aromatic hydroxyl groups is 1. The molecule has 0 fully saturated rings. The van der Waals surface area contributed by atoms with Gasteiger partial charge in [-0.3, -0.25) is 5.10 Å². The van der Waals surface area contributed by atoms with Gasteiger partial charge in [0.1, 0.15) is 5.75 Å². The first-order valence-electron chi connectivity index (χ1n) is 3.70. The largest absolute Gasteiger partial charge is 0.508 e. The molecule has 0 aliphatic heterocycles. The van der Waals surface area contributed by atoms with E-state index in [-0.39, 0.29) is 11.2 Å². The maximum atomic E-state index is 9.34. The highest BCUT2D eigenvalue weighted by Gasteiger charge is 2.16. The molecule has 0 saturated carbocycles. The van der Waals surface area contributed by atoms with Crippen LogP contribution in [0.5, 0.6) is 5.75 Å². The van der Waals surface area contributed by atoms with E-state index >= 15 is 0 Å². The van der Waals surface area contributed by atoms with Gasteiger partial charge in [0.15, 0.2) is 0 Å². The van der Waals surface area contributed by atoms with E-state index in [1.807, 2.05) is 0 Å². The molecule has 0 amide bonds. The van der Waals surface area contributed by atoms with Gasteiger partial charge >= 0.3 is 7.12 Å². The number of nitrogens with zero attached hydrogens (tertiary/aromatic N) is 1. The summed E-state index contributed by atoms with van der Waals surface area (Å²) in [6, 6.07) is 2.87. The van der Waals surface area contributed by atoms with Gasteiger partial charge < -0.3 is 15.2 Å². The van der Waals surface area contributed by atoms with Gasteiger partial charge in [-0.2, -0.15) is 5.10 Å². The predicted octanol–water partition coefficient (Wildman–Crippen LogP) is -1.05. The maximum absolute atomic E-state index is 9.34. The van der Waals surface area contributed by atoms with Crippen LogP contribution >= 0.6 is 0 Å². The number of H-pyrrole nitrogens is 1. The van der Waals surface area contributed by atoms with Crippen molar-refractivity contribution in [1.29, 1.82) is 0 Å². The van der Waals surface area contributed by atoms with E-state index in [1.54, 1.807) is 6.20 Å². The number of phenolic OH excluding ortho intramolecular Hbond substituents is 1. The van der Waals surface area contributed by atoms with Crippen molar-refractivity contribution in [3.05, 3.63) is 18.3 Å². The molecule has 2 aromatic rings. The van der Waals surface area contributed by atoms with Crippen LogP contribution in [0.3, 0.4) is 0 Å². The Morgan fingerprint density at radius 2 is 2.08 bits per heavy atom. The third-order valence-corrected chi connectivity index (χ3v) is 1.87. The van der Waals surface area contributed by atoms with Crippen LogP contribution in [0.2, 0.25) is 0 Å². The summed E-state index contributed by atoms with van der Waals surface area (Å²) in [5.74, 6) is -0.149. The van der Waals surface area contributed by atoms with Crippen molar-refractivity contribution in [2.24, 2.45) is 0 Å². The molecule has 0 spiro atoms. The first-order chi connectivity index (χ1) is 6.18. The van der Waals surface area contributed by atoms with Gasteiger partial charge in [-0.1, -0.05) is 0 Å². The SMILES string of the molecule is OB(O)c1cc2[nH]ncc2cc1O. The van der Waals surface area contributed by atoms with Crippen molar-refractivity contribution in [1.82, 2.24) is 10.2 Å². The topological polar surface area (TPSA) is 89.4 Å². The zero-order valence-electron chi connectivity index (χ0n) is 6.60. The fraction of sp³-hybridized carbons (Fsp3) is 0. The third-order valence-electron chi connectivity index (χ3n) is 1.87. The van der Waals surface area contributed by atoms with Crippen LogP contribution < -0.4 is 5.46 Å². The minimum atomic E-state index is -1.67. The second-order valence-electron chi connectivity index (χ2n) is 2.74. The van der Waals surface area contributed by atoms with Gasteiger partial charge in [0, 0.05) is 10.8 Å². The van der Waals surface area contributed by atoms with Crippen LogP contribution in [0.15, 0.2) is 18.3 Å². The summed E-state index contributed by atoms with van der Waals surface area (Å²) in [6.45, 7) is 0. The Hall–Kier alpha value is -1.53. The highest BCUT2D eigenvalue weighted by Crippen LogP contribution is 2.15. The maximum Gasteiger partial charge on any atom is 0.492 e. The minimum Gasteiger partial charge on any atom is -0.508 e. The average molecular weight is 178 g/mol. The van der Waals surface area contributed by atoms with Gasteiger partial charge in [0.2, 0.25) is 0 Å². The average Bonchev–Trinajstić information content (AvgIpc) is 2.48.